The van der Waals surface area contributed by atoms with Crippen molar-refractivity contribution < 1.29 is 18.3 Å². The van der Waals surface area contributed by atoms with E-state index in [0.717, 1.165) is 12.1 Å². The maximum atomic E-state index is 13.6. The summed E-state index contributed by atoms with van der Waals surface area (Å²) in [7, 11) is 0. The highest BCUT2D eigenvalue weighted by Crippen LogP contribution is 2.30. The summed E-state index contributed by atoms with van der Waals surface area (Å²) in [6.07, 6.45) is -1.50. The number of halogens is 5. The summed E-state index contributed by atoms with van der Waals surface area (Å²) in [4.78, 5) is 0. The molecule has 0 spiro atoms. The summed E-state index contributed by atoms with van der Waals surface area (Å²) in [6, 6.07) is 6.50. The maximum absolute atomic E-state index is 13.6. The molecule has 0 saturated heterocycles. The largest absolute Gasteiger partial charge is 0.388 e. The van der Waals surface area contributed by atoms with Crippen molar-refractivity contribution in [2.75, 3.05) is 0 Å². The van der Waals surface area contributed by atoms with Gasteiger partial charge in [-0.3, -0.25) is 0 Å². The summed E-state index contributed by atoms with van der Waals surface area (Å²) < 4.78 is 39.6. The van der Waals surface area contributed by atoms with Crippen LogP contribution in [0.3, 0.4) is 0 Å². The highest BCUT2D eigenvalue weighted by molar-refractivity contribution is 6.35. The lowest BCUT2D eigenvalue weighted by Crippen LogP contribution is -2.07. The zero-order valence-corrected chi connectivity index (χ0v) is 11.5. The Morgan fingerprint density at radius 2 is 1.55 bits per heavy atom. The Labute approximate surface area is 123 Å². The first-order valence-electron chi connectivity index (χ1n) is 5.66. The van der Waals surface area contributed by atoms with E-state index in [9.17, 15) is 18.3 Å². The molecular formula is C14H9Cl2F3O. The molecule has 0 bridgehead atoms. The van der Waals surface area contributed by atoms with Gasteiger partial charge >= 0.3 is 0 Å². The second kappa shape index (κ2) is 6.04. The smallest absolute Gasteiger partial charge is 0.194 e. The molecule has 1 nitrogen and oxygen atoms in total. The number of aliphatic hydroxyl groups excluding tert-OH is 1. The van der Waals surface area contributed by atoms with Crippen LogP contribution in [-0.2, 0) is 6.42 Å². The Kier molecular flexibility index (Phi) is 4.58. The number of hydrogen-bond acceptors (Lipinski definition) is 1. The topological polar surface area (TPSA) is 20.2 Å². The Hall–Kier alpha value is -1.23. The van der Waals surface area contributed by atoms with E-state index in [1.807, 2.05) is 0 Å². The first-order valence-corrected chi connectivity index (χ1v) is 6.41. The number of hydrogen-bond donors (Lipinski definition) is 1. The second-order valence-electron chi connectivity index (χ2n) is 4.18. The lowest BCUT2D eigenvalue weighted by Gasteiger charge is -2.14. The molecule has 20 heavy (non-hydrogen) atoms. The summed E-state index contributed by atoms with van der Waals surface area (Å²) >= 11 is 11.9. The Morgan fingerprint density at radius 1 is 0.950 bits per heavy atom. The monoisotopic (exact) mass is 320 g/mol. The predicted octanol–water partition coefficient (Wildman–Crippen LogP) is 4.69. The molecule has 0 amide bonds. The molecular weight excluding hydrogens is 312 g/mol. The summed E-state index contributed by atoms with van der Waals surface area (Å²) in [5.74, 6) is -4.35. The van der Waals surface area contributed by atoms with Crippen molar-refractivity contribution >= 4 is 23.2 Å². The minimum atomic E-state index is -1.62. The first kappa shape index (κ1) is 15.2. The van der Waals surface area contributed by atoms with Crippen molar-refractivity contribution in [2.24, 2.45) is 0 Å². The van der Waals surface area contributed by atoms with Gasteiger partial charge in [-0.15, -0.1) is 0 Å². The zero-order valence-electron chi connectivity index (χ0n) is 10.0. The van der Waals surface area contributed by atoms with E-state index in [1.165, 1.54) is 0 Å². The molecule has 2 rings (SSSR count). The molecule has 0 aliphatic heterocycles. The van der Waals surface area contributed by atoms with Gasteiger partial charge in [-0.25, -0.2) is 13.2 Å². The second-order valence-corrected chi connectivity index (χ2v) is 5.00. The normalized spacial score (nSPS) is 12.5. The van der Waals surface area contributed by atoms with Gasteiger partial charge in [0, 0.05) is 22.0 Å². The van der Waals surface area contributed by atoms with Crippen LogP contribution in [0, 0.1) is 17.5 Å². The van der Waals surface area contributed by atoms with Gasteiger partial charge < -0.3 is 5.11 Å². The van der Waals surface area contributed by atoms with Gasteiger partial charge in [0.1, 0.15) is 0 Å². The standard InChI is InChI=1S/C14H9Cl2F3O/c15-9-2-1-3-10(16)8(9)6-12(20)7-4-5-11(17)14(19)13(7)18/h1-5,12,20H,6H2. The maximum Gasteiger partial charge on any atom is 0.194 e. The third-order valence-electron chi connectivity index (χ3n) is 2.88. The van der Waals surface area contributed by atoms with Crippen LogP contribution in [0.25, 0.3) is 0 Å². The van der Waals surface area contributed by atoms with Crippen LogP contribution in [0.15, 0.2) is 30.3 Å². The van der Waals surface area contributed by atoms with Crippen molar-refractivity contribution in [1.29, 1.82) is 0 Å². The summed E-state index contributed by atoms with van der Waals surface area (Å²) in [6.45, 7) is 0. The first-order chi connectivity index (χ1) is 9.41. The molecule has 0 aromatic heterocycles. The molecule has 0 radical (unpaired) electrons. The fourth-order valence-corrected chi connectivity index (χ4v) is 2.38. The summed E-state index contributed by atoms with van der Waals surface area (Å²) in [5.41, 5.74) is 0.0624. The van der Waals surface area contributed by atoms with Crippen LogP contribution in [0.2, 0.25) is 10.0 Å². The van der Waals surface area contributed by atoms with Crippen molar-refractivity contribution in [3.63, 3.8) is 0 Å². The van der Waals surface area contributed by atoms with E-state index in [2.05, 4.69) is 0 Å². The highest BCUT2D eigenvalue weighted by atomic mass is 35.5. The van der Waals surface area contributed by atoms with E-state index >= 15 is 0 Å². The van der Waals surface area contributed by atoms with Crippen LogP contribution in [0.1, 0.15) is 17.2 Å². The number of benzene rings is 2. The lowest BCUT2D eigenvalue weighted by molar-refractivity contribution is 0.172. The van der Waals surface area contributed by atoms with Crippen molar-refractivity contribution in [1.82, 2.24) is 0 Å². The van der Waals surface area contributed by atoms with Gasteiger partial charge in [0.25, 0.3) is 0 Å². The van der Waals surface area contributed by atoms with Crippen LogP contribution in [0.4, 0.5) is 13.2 Å². The average Bonchev–Trinajstić information content (AvgIpc) is 2.40. The molecule has 0 saturated carbocycles. The fraction of sp³-hybridized carbons (Fsp3) is 0.143. The zero-order chi connectivity index (χ0) is 14.9. The molecule has 0 aliphatic rings. The third-order valence-corrected chi connectivity index (χ3v) is 3.59. The minimum Gasteiger partial charge on any atom is -0.388 e. The molecule has 0 aliphatic carbocycles. The van der Waals surface area contributed by atoms with Crippen LogP contribution in [-0.4, -0.2) is 5.11 Å². The lowest BCUT2D eigenvalue weighted by atomic mass is 10.0. The van der Waals surface area contributed by atoms with E-state index in [-0.39, 0.29) is 12.0 Å². The third kappa shape index (κ3) is 2.92. The highest BCUT2D eigenvalue weighted by Gasteiger charge is 2.21. The van der Waals surface area contributed by atoms with Crippen molar-refractivity contribution in [3.8, 4) is 0 Å². The van der Waals surface area contributed by atoms with Gasteiger partial charge in [0.05, 0.1) is 6.10 Å². The van der Waals surface area contributed by atoms with Crippen molar-refractivity contribution in [2.45, 2.75) is 12.5 Å². The van der Waals surface area contributed by atoms with Gasteiger partial charge in [-0.05, 0) is 23.8 Å². The Morgan fingerprint density at radius 3 is 2.15 bits per heavy atom. The van der Waals surface area contributed by atoms with E-state index in [0.29, 0.717) is 15.6 Å². The van der Waals surface area contributed by atoms with Crippen LogP contribution >= 0.6 is 23.2 Å². The van der Waals surface area contributed by atoms with Crippen LogP contribution in [0.5, 0.6) is 0 Å². The van der Waals surface area contributed by atoms with E-state index in [4.69, 9.17) is 23.2 Å². The van der Waals surface area contributed by atoms with Gasteiger partial charge in [-0.1, -0.05) is 35.3 Å². The van der Waals surface area contributed by atoms with Gasteiger partial charge in [-0.2, -0.15) is 0 Å². The predicted molar refractivity (Wildman–Crippen MR) is 71.4 cm³/mol. The molecule has 106 valence electrons. The Balaban J connectivity index is 2.34. The Bertz CT molecular complexity index is 626. The molecule has 1 N–H and O–H groups in total. The molecule has 0 fully saturated rings. The van der Waals surface area contributed by atoms with E-state index in [1.54, 1.807) is 18.2 Å². The van der Waals surface area contributed by atoms with E-state index < -0.39 is 23.6 Å². The molecule has 2 aromatic carbocycles. The molecule has 2 aromatic rings. The molecule has 0 heterocycles. The number of rotatable bonds is 3. The minimum absolute atomic E-state index is 0.111. The molecule has 6 heteroatoms. The van der Waals surface area contributed by atoms with Gasteiger partial charge in [0.15, 0.2) is 17.5 Å². The average molecular weight is 321 g/mol. The summed E-state index contributed by atoms with van der Waals surface area (Å²) in [5, 5.41) is 10.6. The quantitative estimate of drug-likeness (QED) is 0.814. The fourth-order valence-electron chi connectivity index (χ4n) is 1.83. The van der Waals surface area contributed by atoms with Gasteiger partial charge in [0.2, 0.25) is 0 Å². The number of aliphatic hydroxyl groups is 1. The molecule has 1 atom stereocenters. The van der Waals surface area contributed by atoms with Crippen molar-refractivity contribution in [3.05, 3.63) is 69.0 Å². The molecule has 1 unspecified atom stereocenters. The SMILES string of the molecule is OC(Cc1c(Cl)cccc1Cl)c1ccc(F)c(F)c1F. The van der Waals surface area contributed by atoms with Crippen LogP contribution < -0.4 is 0 Å².